The average Bonchev–Trinajstić information content (AvgIpc) is 3.13. The maximum Gasteiger partial charge on any atom is 0.335 e. The van der Waals surface area contributed by atoms with E-state index >= 15 is 0 Å². The summed E-state index contributed by atoms with van der Waals surface area (Å²) >= 11 is 5.56. The maximum atomic E-state index is 12.4. The molecular weight excluding hydrogens is 366 g/mol. The Morgan fingerprint density at radius 3 is 2.52 bits per heavy atom. The summed E-state index contributed by atoms with van der Waals surface area (Å²) < 4.78 is 30.3. The number of aromatic nitrogens is 2. The van der Waals surface area contributed by atoms with Gasteiger partial charge in [-0.3, -0.25) is 4.79 Å². The lowest BCUT2D eigenvalue weighted by molar-refractivity contribution is -0.129. The molecule has 9 heteroatoms. The van der Waals surface area contributed by atoms with Gasteiger partial charge in [-0.15, -0.1) is 16.7 Å². The van der Waals surface area contributed by atoms with Crippen LogP contribution in [0.4, 0.5) is 0 Å². The maximum absolute atomic E-state index is 12.4. The van der Waals surface area contributed by atoms with Crippen molar-refractivity contribution in [3.05, 3.63) is 41.8 Å². The molecule has 134 valence electrons. The minimum atomic E-state index is -3.68. The Morgan fingerprint density at radius 1 is 1.20 bits per heavy atom. The minimum absolute atomic E-state index is 0.0346. The molecule has 7 nitrogen and oxygen atoms in total. The largest absolute Gasteiger partial charge is 0.412 e. The van der Waals surface area contributed by atoms with Gasteiger partial charge in [0.1, 0.15) is 5.88 Å². The summed E-state index contributed by atoms with van der Waals surface area (Å²) in [6.45, 7) is 1.09. The monoisotopic (exact) mass is 383 g/mol. The van der Waals surface area contributed by atoms with Crippen molar-refractivity contribution in [2.45, 2.75) is 29.7 Å². The molecular formula is C16H18ClN3O4S. The SMILES string of the molecule is O=C(CCl)N1CCC(c2nnc(S(=O)(=O)Cc3ccccc3)o2)CC1. The zero-order valence-electron chi connectivity index (χ0n) is 13.5. The zero-order valence-corrected chi connectivity index (χ0v) is 15.0. The van der Waals surface area contributed by atoms with Crippen LogP contribution in [0.3, 0.4) is 0 Å². The summed E-state index contributed by atoms with van der Waals surface area (Å²) in [6.07, 6.45) is 1.28. The molecule has 0 aliphatic carbocycles. The molecule has 25 heavy (non-hydrogen) atoms. The average molecular weight is 384 g/mol. The summed E-state index contributed by atoms with van der Waals surface area (Å²) in [6, 6.07) is 8.85. The number of carbonyl (C=O) groups excluding carboxylic acids is 1. The lowest BCUT2D eigenvalue weighted by Gasteiger charge is -2.29. The second-order valence-corrected chi connectivity index (χ2v) is 8.07. The Labute approximate surface area is 150 Å². The summed E-state index contributed by atoms with van der Waals surface area (Å²) in [4.78, 5) is 13.3. The van der Waals surface area contributed by atoms with E-state index in [0.717, 1.165) is 0 Å². The van der Waals surface area contributed by atoms with E-state index in [9.17, 15) is 13.2 Å². The normalized spacial score (nSPS) is 16.1. The molecule has 0 unspecified atom stereocenters. The molecule has 0 bridgehead atoms. The van der Waals surface area contributed by atoms with Crippen molar-refractivity contribution >= 4 is 27.3 Å². The van der Waals surface area contributed by atoms with Crippen LogP contribution in [0.2, 0.25) is 0 Å². The van der Waals surface area contributed by atoms with Gasteiger partial charge < -0.3 is 9.32 Å². The second-order valence-electron chi connectivity index (χ2n) is 5.94. The first-order chi connectivity index (χ1) is 12.0. The fourth-order valence-corrected chi connectivity index (χ4v) is 4.13. The van der Waals surface area contributed by atoms with Crippen molar-refractivity contribution < 1.29 is 17.6 Å². The van der Waals surface area contributed by atoms with Gasteiger partial charge in [0.25, 0.3) is 0 Å². The number of sulfone groups is 1. The van der Waals surface area contributed by atoms with E-state index in [-0.39, 0.29) is 28.7 Å². The quantitative estimate of drug-likeness (QED) is 0.733. The van der Waals surface area contributed by atoms with Gasteiger partial charge in [0, 0.05) is 19.0 Å². The van der Waals surface area contributed by atoms with Gasteiger partial charge in [-0.1, -0.05) is 35.4 Å². The molecule has 0 spiro atoms. The van der Waals surface area contributed by atoms with Crippen LogP contribution < -0.4 is 0 Å². The minimum Gasteiger partial charge on any atom is -0.412 e. The number of carbonyl (C=O) groups is 1. The Kier molecular flexibility index (Phi) is 5.39. The standard InChI is InChI=1S/C16H18ClN3O4S/c17-10-14(21)20-8-6-13(7-9-20)15-18-19-16(24-15)25(22,23)11-12-4-2-1-3-5-12/h1-5,13H,6-11H2. The molecule has 2 aromatic rings. The van der Waals surface area contributed by atoms with Crippen LogP contribution in [-0.4, -0.2) is 48.4 Å². The van der Waals surface area contributed by atoms with Crippen LogP contribution in [0.5, 0.6) is 0 Å². The van der Waals surface area contributed by atoms with Crippen LogP contribution in [-0.2, 0) is 20.4 Å². The highest BCUT2D eigenvalue weighted by molar-refractivity contribution is 7.90. The third kappa shape index (κ3) is 4.19. The van der Waals surface area contributed by atoms with Crippen LogP contribution in [0.15, 0.2) is 40.0 Å². The van der Waals surface area contributed by atoms with E-state index < -0.39 is 9.84 Å². The Hall–Kier alpha value is -1.93. The molecule has 0 atom stereocenters. The number of hydrogen-bond donors (Lipinski definition) is 0. The third-order valence-electron chi connectivity index (χ3n) is 4.20. The van der Waals surface area contributed by atoms with Crippen molar-refractivity contribution in [3.8, 4) is 0 Å². The summed E-state index contributed by atoms with van der Waals surface area (Å²) in [5.41, 5.74) is 0.662. The lowest BCUT2D eigenvalue weighted by Crippen LogP contribution is -2.38. The third-order valence-corrected chi connectivity index (χ3v) is 5.84. The predicted octanol–water partition coefficient (Wildman–Crippen LogP) is 1.99. The Bertz CT molecular complexity index is 830. The molecule has 1 amide bonds. The van der Waals surface area contributed by atoms with Gasteiger partial charge in [0.05, 0.1) is 5.75 Å². The van der Waals surface area contributed by atoms with E-state index in [1.165, 1.54) is 0 Å². The molecule has 0 radical (unpaired) electrons. The van der Waals surface area contributed by atoms with Gasteiger partial charge in [0.2, 0.25) is 21.6 Å². The first-order valence-corrected chi connectivity index (χ1v) is 10.1. The number of amides is 1. The van der Waals surface area contributed by atoms with E-state index in [4.69, 9.17) is 16.0 Å². The molecule has 3 rings (SSSR count). The van der Waals surface area contributed by atoms with Crippen LogP contribution in [0, 0.1) is 0 Å². The first kappa shape index (κ1) is 17.9. The van der Waals surface area contributed by atoms with Gasteiger partial charge in [-0.05, 0) is 18.4 Å². The number of halogens is 1. The summed E-state index contributed by atoms with van der Waals surface area (Å²) in [5, 5.41) is 7.28. The molecule has 2 heterocycles. The number of alkyl halides is 1. The molecule has 1 aliphatic heterocycles. The summed E-state index contributed by atoms with van der Waals surface area (Å²) in [7, 11) is -3.68. The highest BCUT2D eigenvalue weighted by Gasteiger charge is 2.29. The number of nitrogens with zero attached hydrogens (tertiary/aromatic N) is 3. The molecule has 1 aliphatic rings. The molecule has 1 saturated heterocycles. The zero-order chi connectivity index (χ0) is 17.9. The van der Waals surface area contributed by atoms with Crippen LogP contribution >= 0.6 is 11.6 Å². The molecule has 0 N–H and O–H groups in total. The second kappa shape index (κ2) is 7.53. The Morgan fingerprint density at radius 2 is 1.88 bits per heavy atom. The van der Waals surface area contributed by atoms with E-state index in [2.05, 4.69) is 10.2 Å². The number of piperidine rings is 1. The smallest absolute Gasteiger partial charge is 0.335 e. The molecule has 1 aromatic carbocycles. The fourth-order valence-electron chi connectivity index (χ4n) is 2.83. The van der Waals surface area contributed by atoms with Gasteiger partial charge in [0.15, 0.2) is 0 Å². The molecule has 1 fully saturated rings. The van der Waals surface area contributed by atoms with Crippen molar-refractivity contribution in [2.75, 3.05) is 19.0 Å². The molecule has 0 saturated carbocycles. The summed E-state index contributed by atoms with van der Waals surface area (Å²) in [5.74, 6) is -0.0560. The highest BCUT2D eigenvalue weighted by atomic mass is 35.5. The van der Waals surface area contributed by atoms with Gasteiger partial charge in [-0.2, -0.15) is 0 Å². The van der Waals surface area contributed by atoms with Gasteiger partial charge >= 0.3 is 5.22 Å². The van der Waals surface area contributed by atoms with Crippen molar-refractivity contribution in [1.29, 1.82) is 0 Å². The van der Waals surface area contributed by atoms with E-state index in [1.807, 2.05) is 6.07 Å². The number of benzene rings is 1. The topological polar surface area (TPSA) is 93.4 Å². The van der Waals surface area contributed by atoms with Crippen LogP contribution in [0.25, 0.3) is 0 Å². The van der Waals surface area contributed by atoms with E-state index in [1.54, 1.807) is 29.2 Å². The van der Waals surface area contributed by atoms with Gasteiger partial charge in [-0.25, -0.2) is 8.42 Å². The number of hydrogen-bond acceptors (Lipinski definition) is 6. The Balaban J connectivity index is 1.67. The molecule has 1 aromatic heterocycles. The van der Waals surface area contributed by atoms with Crippen molar-refractivity contribution in [1.82, 2.24) is 15.1 Å². The number of likely N-dealkylation sites (tertiary alicyclic amines) is 1. The predicted molar refractivity (Wildman–Crippen MR) is 90.9 cm³/mol. The van der Waals surface area contributed by atoms with E-state index in [0.29, 0.717) is 37.4 Å². The van der Waals surface area contributed by atoms with Crippen molar-refractivity contribution in [3.63, 3.8) is 0 Å². The fraction of sp³-hybridized carbons (Fsp3) is 0.438. The van der Waals surface area contributed by atoms with Crippen LogP contribution in [0.1, 0.15) is 30.2 Å². The lowest BCUT2D eigenvalue weighted by atomic mass is 9.97. The first-order valence-electron chi connectivity index (χ1n) is 7.93. The highest BCUT2D eigenvalue weighted by Crippen LogP contribution is 2.28. The number of rotatable bonds is 5. The van der Waals surface area contributed by atoms with Crippen molar-refractivity contribution in [2.24, 2.45) is 0 Å².